The van der Waals surface area contributed by atoms with E-state index in [1.165, 1.54) is 19.3 Å². The zero-order valence-electron chi connectivity index (χ0n) is 10.4. The molecule has 1 aliphatic carbocycles. The van der Waals surface area contributed by atoms with Crippen LogP contribution >= 0.6 is 0 Å². The van der Waals surface area contributed by atoms with Crippen molar-refractivity contribution in [2.45, 2.75) is 63.9 Å². The SMILES string of the molecule is CCC1CCCC(O)(C2=COCCC2)CC1. The quantitative estimate of drug-likeness (QED) is 0.728. The second kappa shape index (κ2) is 5.22. The maximum Gasteiger partial charge on any atom is 0.0889 e. The lowest BCUT2D eigenvalue weighted by molar-refractivity contribution is 0.0467. The topological polar surface area (TPSA) is 29.5 Å². The third kappa shape index (κ3) is 2.60. The molecule has 0 saturated heterocycles. The van der Waals surface area contributed by atoms with Crippen molar-refractivity contribution in [3.8, 4) is 0 Å². The van der Waals surface area contributed by atoms with Gasteiger partial charge in [-0.2, -0.15) is 0 Å². The van der Waals surface area contributed by atoms with Gasteiger partial charge in [-0.05, 0) is 50.0 Å². The Morgan fingerprint density at radius 2 is 2.25 bits per heavy atom. The molecule has 1 heterocycles. The monoisotopic (exact) mass is 224 g/mol. The molecule has 16 heavy (non-hydrogen) atoms. The molecule has 0 aromatic carbocycles. The van der Waals surface area contributed by atoms with Crippen molar-refractivity contribution in [3.63, 3.8) is 0 Å². The Kier molecular flexibility index (Phi) is 3.91. The van der Waals surface area contributed by atoms with Crippen LogP contribution in [0.1, 0.15) is 58.3 Å². The van der Waals surface area contributed by atoms with E-state index in [0.717, 1.165) is 50.2 Å². The molecule has 0 radical (unpaired) electrons. The van der Waals surface area contributed by atoms with Crippen LogP contribution in [0.3, 0.4) is 0 Å². The molecule has 1 saturated carbocycles. The van der Waals surface area contributed by atoms with Gasteiger partial charge in [0.2, 0.25) is 0 Å². The molecule has 2 heteroatoms. The highest BCUT2D eigenvalue weighted by atomic mass is 16.5. The van der Waals surface area contributed by atoms with Gasteiger partial charge in [0.1, 0.15) is 0 Å². The van der Waals surface area contributed by atoms with Gasteiger partial charge in [0.25, 0.3) is 0 Å². The van der Waals surface area contributed by atoms with Gasteiger partial charge in [-0.25, -0.2) is 0 Å². The lowest BCUT2D eigenvalue weighted by Crippen LogP contribution is -2.32. The van der Waals surface area contributed by atoms with E-state index in [1.807, 2.05) is 6.26 Å². The summed E-state index contributed by atoms with van der Waals surface area (Å²) in [6.45, 7) is 3.08. The fourth-order valence-electron chi connectivity index (χ4n) is 3.03. The van der Waals surface area contributed by atoms with Crippen molar-refractivity contribution in [1.82, 2.24) is 0 Å². The molecule has 0 bridgehead atoms. The maximum absolute atomic E-state index is 10.7. The number of hydrogen-bond donors (Lipinski definition) is 1. The summed E-state index contributed by atoms with van der Waals surface area (Å²) in [6, 6.07) is 0. The fraction of sp³-hybridized carbons (Fsp3) is 0.857. The largest absolute Gasteiger partial charge is 0.501 e. The third-order valence-corrected chi connectivity index (χ3v) is 4.28. The molecule has 0 amide bonds. The highest BCUT2D eigenvalue weighted by Crippen LogP contribution is 2.38. The van der Waals surface area contributed by atoms with E-state index in [9.17, 15) is 5.11 Å². The summed E-state index contributed by atoms with van der Waals surface area (Å²) in [5, 5.41) is 10.7. The maximum atomic E-state index is 10.7. The molecule has 1 fully saturated rings. The zero-order valence-corrected chi connectivity index (χ0v) is 10.4. The predicted molar refractivity (Wildman–Crippen MR) is 65.1 cm³/mol. The highest BCUT2D eigenvalue weighted by Gasteiger charge is 2.34. The Hall–Kier alpha value is -0.500. The first-order chi connectivity index (χ1) is 7.74. The van der Waals surface area contributed by atoms with E-state index in [2.05, 4.69) is 6.92 Å². The molecule has 2 unspecified atom stereocenters. The van der Waals surface area contributed by atoms with Gasteiger partial charge in [0.05, 0.1) is 18.5 Å². The number of hydrogen-bond acceptors (Lipinski definition) is 2. The first kappa shape index (κ1) is 12.0. The summed E-state index contributed by atoms with van der Waals surface area (Å²) in [7, 11) is 0. The molecule has 1 N–H and O–H groups in total. The van der Waals surface area contributed by atoms with Gasteiger partial charge in [0, 0.05) is 0 Å². The van der Waals surface area contributed by atoms with Crippen LogP contribution in [-0.4, -0.2) is 17.3 Å². The van der Waals surface area contributed by atoms with Gasteiger partial charge in [-0.1, -0.05) is 19.8 Å². The molecule has 2 nitrogen and oxygen atoms in total. The molecule has 1 aliphatic heterocycles. The molecule has 92 valence electrons. The summed E-state index contributed by atoms with van der Waals surface area (Å²) in [4.78, 5) is 0. The second-order valence-electron chi connectivity index (χ2n) is 5.35. The third-order valence-electron chi connectivity index (χ3n) is 4.28. The van der Waals surface area contributed by atoms with Gasteiger partial charge in [-0.3, -0.25) is 0 Å². The van der Waals surface area contributed by atoms with Gasteiger partial charge in [-0.15, -0.1) is 0 Å². The van der Waals surface area contributed by atoms with E-state index in [-0.39, 0.29) is 0 Å². The highest BCUT2D eigenvalue weighted by molar-refractivity contribution is 5.16. The van der Waals surface area contributed by atoms with Crippen molar-refractivity contribution in [1.29, 1.82) is 0 Å². The number of rotatable bonds is 2. The Morgan fingerprint density at radius 3 is 2.94 bits per heavy atom. The molecule has 2 aliphatic rings. The summed E-state index contributed by atoms with van der Waals surface area (Å²) in [5.41, 5.74) is 0.597. The van der Waals surface area contributed by atoms with Crippen LogP contribution in [-0.2, 0) is 4.74 Å². The average Bonchev–Trinajstić information content (AvgIpc) is 2.53. The Bertz CT molecular complexity index is 259. The predicted octanol–water partition coefficient (Wildman–Crippen LogP) is 3.40. The fourth-order valence-corrected chi connectivity index (χ4v) is 3.03. The standard InChI is InChI=1S/C14H24O2/c1-2-12-5-3-8-14(15,9-7-12)13-6-4-10-16-11-13/h11-12,15H,2-10H2,1H3. The van der Waals surface area contributed by atoms with Crippen molar-refractivity contribution in [2.24, 2.45) is 5.92 Å². The Balaban J connectivity index is 2.03. The summed E-state index contributed by atoms with van der Waals surface area (Å²) in [5.74, 6) is 0.819. The average molecular weight is 224 g/mol. The lowest BCUT2D eigenvalue weighted by Gasteiger charge is -2.31. The van der Waals surface area contributed by atoms with Crippen molar-refractivity contribution < 1.29 is 9.84 Å². The van der Waals surface area contributed by atoms with Crippen LogP contribution in [0.2, 0.25) is 0 Å². The number of aliphatic hydroxyl groups is 1. The van der Waals surface area contributed by atoms with Crippen LogP contribution in [0.5, 0.6) is 0 Å². The van der Waals surface area contributed by atoms with Crippen molar-refractivity contribution >= 4 is 0 Å². The second-order valence-corrected chi connectivity index (χ2v) is 5.35. The van der Waals surface area contributed by atoms with E-state index in [4.69, 9.17) is 4.74 Å². The molecule has 0 aromatic heterocycles. The Morgan fingerprint density at radius 1 is 1.38 bits per heavy atom. The lowest BCUT2D eigenvalue weighted by atomic mass is 9.83. The summed E-state index contributed by atoms with van der Waals surface area (Å²) >= 11 is 0. The van der Waals surface area contributed by atoms with Gasteiger partial charge < -0.3 is 9.84 Å². The van der Waals surface area contributed by atoms with E-state index in [0.29, 0.717) is 0 Å². The number of ether oxygens (including phenoxy) is 1. The molecular formula is C14H24O2. The van der Waals surface area contributed by atoms with Crippen LogP contribution in [0.15, 0.2) is 11.8 Å². The van der Waals surface area contributed by atoms with Crippen molar-refractivity contribution in [3.05, 3.63) is 11.8 Å². The van der Waals surface area contributed by atoms with E-state index >= 15 is 0 Å². The van der Waals surface area contributed by atoms with E-state index in [1.54, 1.807) is 0 Å². The minimum Gasteiger partial charge on any atom is -0.501 e. The molecule has 0 aromatic rings. The molecule has 2 atom stereocenters. The zero-order chi connectivity index (χ0) is 11.4. The van der Waals surface area contributed by atoms with E-state index < -0.39 is 5.60 Å². The van der Waals surface area contributed by atoms with Crippen molar-refractivity contribution in [2.75, 3.05) is 6.61 Å². The van der Waals surface area contributed by atoms with Crippen LogP contribution in [0, 0.1) is 5.92 Å². The first-order valence-electron chi connectivity index (χ1n) is 6.78. The normalized spacial score (nSPS) is 36.1. The molecule has 2 rings (SSSR count). The van der Waals surface area contributed by atoms with Gasteiger partial charge in [0.15, 0.2) is 0 Å². The van der Waals surface area contributed by atoms with Gasteiger partial charge >= 0.3 is 0 Å². The molecule has 0 spiro atoms. The molecular weight excluding hydrogens is 200 g/mol. The minimum absolute atomic E-state index is 0.551. The first-order valence-corrected chi connectivity index (χ1v) is 6.78. The van der Waals surface area contributed by atoms with Crippen LogP contribution in [0.25, 0.3) is 0 Å². The van der Waals surface area contributed by atoms with Crippen LogP contribution < -0.4 is 0 Å². The Labute approximate surface area is 98.7 Å². The summed E-state index contributed by atoms with van der Waals surface area (Å²) < 4.78 is 5.37. The summed E-state index contributed by atoms with van der Waals surface area (Å²) in [6.07, 6.45) is 10.6. The smallest absolute Gasteiger partial charge is 0.0889 e. The minimum atomic E-state index is -0.551. The van der Waals surface area contributed by atoms with Crippen LogP contribution in [0.4, 0.5) is 0 Å².